The number of aromatic amines is 1. The van der Waals surface area contributed by atoms with Gasteiger partial charge in [0.05, 0.1) is 0 Å². The van der Waals surface area contributed by atoms with Crippen LogP contribution in [0.2, 0.25) is 0 Å². The van der Waals surface area contributed by atoms with Crippen LogP contribution in [0.5, 0.6) is 0 Å². The zero-order chi connectivity index (χ0) is 8.39. The molecule has 12 heavy (non-hydrogen) atoms. The summed E-state index contributed by atoms with van der Waals surface area (Å²) in [6.45, 7) is 1.13. The van der Waals surface area contributed by atoms with Crippen molar-refractivity contribution in [2.24, 2.45) is 0 Å². The zero-order valence-corrected chi connectivity index (χ0v) is 7.14. The molecule has 0 aliphatic carbocycles. The average molecular weight is 165 g/mol. The number of nitrogens with two attached hydrogens (primary N) is 1. The van der Waals surface area contributed by atoms with Gasteiger partial charge in [0, 0.05) is 11.7 Å². The van der Waals surface area contributed by atoms with E-state index in [0.29, 0.717) is 6.04 Å². The highest BCUT2D eigenvalue weighted by molar-refractivity contribution is 5.32. The molecule has 1 saturated heterocycles. The van der Waals surface area contributed by atoms with Crippen molar-refractivity contribution >= 4 is 5.82 Å². The lowest BCUT2D eigenvalue weighted by Crippen LogP contribution is -2.26. The molecule has 1 atom stereocenters. The first-order chi connectivity index (χ1) is 5.86. The largest absolute Gasteiger partial charge is 0.385 e. The molecule has 4 N–H and O–H groups in total. The van der Waals surface area contributed by atoms with Gasteiger partial charge in [-0.1, -0.05) is 6.42 Å². The molecule has 1 aromatic rings. The summed E-state index contributed by atoms with van der Waals surface area (Å²) in [6.07, 6.45) is 3.84. The second-order valence-electron chi connectivity index (χ2n) is 3.37. The molecule has 1 aliphatic heterocycles. The number of piperidine rings is 1. The van der Waals surface area contributed by atoms with E-state index >= 15 is 0 Å². The van der Waals surface area contributed by atoms with Crippen LogP contribution in [0.25, 0.3) is 0 Å². The molecule has 1 aliphatic rings. The summed E-state index contributed by atoms with van der Waals surface area (Å²) >= 11 is 0. The maximum absolute atomic E-state index is 5.60. The van der Waals surface area contributed by atoms with Gasteiger partial charge in [-0.25, -0.2) is 0 Å². The molecule has 3 nitrogen and oxygen atoms in total. The quantitative estimate of drug-likeness (QED) is 0.589. The van der Waals surface area contributed by atoms with Gasteiger partial charge in [0.2, 0.25) is 0 Å². The van der Waals surface area contributed by atoms with Crippen molar-refractivity contribution in [1.29, 1.82) is 0 Å². The van der Waals surface area contributed by atoms with Gasteiger partial charge in [-0.2, -0.15) is 0 Å². The number of aromatic nitrogens is 1. The highest BCUT2D eigenvalue weighted by atomic mass is 15.0. The van der Waals surface area contributed by atoms with Crippen molar-refractivity contribution in [2.45, 2.75) is 25.3 Å². The molecule has 0 bridgehead atoms. The molecule has 3 heteroatoms. The van der Waals surface area contributed by atoms with Crippen LogP contribution < -0.4 is 11.1 Å². The molecule has 0 unspecified atom stereocenters. The third kappa shape index (κ3) is 1.46. The van der Waals surface area contributed by atoms with E-state index in [4.69, 9.17) is 5.73 Å². The average Bonchev–Trinajstić information content (AvgIpc) is 2.54. The molecule has 0 saturated carbocycles. The van der Waals surface area contributed by atoms with E-state index < -0.39 is 0 Å². The van der Waals surface area contributed by atoms with Gasteiger partial charge >= 0.3 is 0 Å². The predicted molar refractivity (Wildman–Crippen MR) is 49.8 cm³/mol. The summed E-state index contributed by atoms with van der Waals surface area (Å²) in [5.41, 5.74) is 6.83. The Morgan fingerprint density at radius 3 is 2.83 bits per heavy atom. The highest BCUT2D eigenvalue weighted by Gasteiger charge is 2.15. The molecule has 0 radical (unpaired) electrons. The van der Waals surface area contributed by atoms with E-state index in [0.717, 1.165) is 12.4 Å². The van der Waals surface area contributed by atoms with E-state index in [1.165, 1.54) is 25.0 Å². The maximum Gasteiger partial charge on any atom is 0.100 e. The minimum absolute atomic E-state index is 0.496. The smallest absolute Gasteiger partial charge is 0.100 e. The zero-order valence-electron chi connectivity index (χ0n) is 7.14. The van der Waals surface area contributed by atoms with Gasteiger partial charge < -0.3 is 16.0 Å². The Morgan fingerprint density at radius 2 is 2.25 bits per heavy atom. The Morgan fingerprint density at radius 1 is 1.33 bits per heavy atom. The number of rotatable bonds is 1. The lowest BCUT2D eigenvalue weighted by Gasteiger charge is -2.22. The molecule has 2 heterocycles. The van der Waals surface area contributed by atoms with Crippen LogP contribution in [0.1, 0.15) is 31.0 Å². The third-order valence-electron chi connectivity index (χ3n) is 2.42. The van der Waals surface area contributed by atoms with Crippen molar-refractivity contribution < 1.29 is 0 Å². The van der Waals surface area contributed by atoms with Gasteiger partial charge in [0.25, 0.3) is 0 Å². The first-order valence-electron chi connectivity index (χ1n) is 4.54. The van der Waals surface area contributed by atoms with E-state index in [1.807, 2.05) is 6.07 Å². The lowest BCUT2D eigenvalue weighted by atomic mass is 10.0. The molecule has 2 rings (SSSR count). The molecule has 0 amide bonds. The number of anilines is 1. The van der Waals surface area contributed by atoms with E-state index in [-0.39, 0.29) is 0 Å². The molecule has 66 valence electrons. The fourth-order valence-corrected chi connectivity index (χ4v) is 1.75. The van der Waals surface area contributed by atoms with Gasteiger partial charge in [-0.15, -0.1) is 0 Å². The Kier molecular flexibility index (Phi) is 2.04. The minimum atomic E-state index is 0.496. The first kappa shape index (κ1) is 7.68. The number of nitrogens with one attached hydrogen (secondary N) is 2. The number of nitrogen functional groups attached to an aromatic ring is 1. The predicted octanol–water partition coefficient (Wildman–Crippen LogP) is 1.41. The van der Waals surface area contributed by atoms with Crippen LogP contribution in [0.15, 0.2) is 12.1 Å². The molecule has 1 fully saturated rings. The van der Waals surface area contributed by atoms with Gasteiger partial charge in [-0.3, -0.25) is 0 Å². The second kappa shape index (κ2) is 3.19. The summed E-state index contributed by atoms with van der Waals surface area (Å²) in [7, 11) is 0. The minimum Gasteiger partial charge on any atom is -0.385 e. The normalized spacial score (nSPS) is 24.2. The Bertz CT molecular complexity index is 248. The second-order valence-corrected chi connectivity index (χ2v) is 3.37. The Balaban J connectivity index is 2.08. The summed E-state index contributed by atoms with van der Waals surface area (Å²) in [4.78, 5) is 3.16. The lowest BCUT2D eigenvalue weighted by molar-refractivity contribution is 0.406. The van der Waals surface area contributed by atoms with Crippen LogP contribution >= 0.6 is 0 Å². The number of H-pyrrole nitrogens is 1. The van der Waals surface area contributed by atoms with E-state index in [9.17, 15) is 0 Å². The van der Waals surface area contributed by atoms with Crippen molar-refractivity contribution in [3.8, 4) is 0 Å². The van der Waals surface area contributed by atoms with Gasteiger partial charge in [-0.05, 0) is 31.5 Å². The Labute approximate surface area is 72.3 Å². The van der Waals surface area contributed by atoms with Gasteiger partial charge in [0.1, 0.15) is 5.82 Å². The standard InChI is InChI=1S/C9H15N3/c10-9-5-4-8(12-9)7-3-1-2-6-11-7/h4-5,7,11-12H,1-3,6,10H2/t7-/m0/s1. The fraction of sp³-hybridized carbons (Fsp3) is 0.556. The number of hydrogen-bond donors (Lipinski definition) is 3. The van der Waals surface area contributed by atoms with Crippen LogP contribution in [0, 0.1) is 0 Å². The third-order valence-corrected chi connectivity index (χ3v) is 2.42. The summed E-state index contributed by atoms with van der Waals surface area (Å²) in [5.74, 6) is 0.761. The molecule has 0 spiro atoms. The summed E-state index contributed by atoms with van der Waals surface area (Å²) < 4.78 is 0. The fourth-order valence-electron chi connectivity index (χ4n) is 1.75. The van der Waals surface area contributed by atoms with Crippen LogP contribution in [0.3, 0.4) is 0 Å². The van der Waals surface area contributed by atoms with Crippen molar-refractivity contribution in [1.82, 2.24) is 10.3 Å². The monoisotopic (exact) mass is 165 g/mol. The van der Waals surface area contributed by atoms with Crippen molar-refractivity contribution in [3.63, 3.8) is 0 Å². The topological polar surface area (TPSA) is 53.8 Å². The molecular formula is C9H15N3. The van der Waals surface area contributed by atoms with Crippen molar-refractivity contribution in [3.05, 3.63) is 17.8 Å². The van der Waals surface area contributed by atoms with E-state index in [1.54, 1.807) is 0 Å². The van der Waals surface area contributed by atoms with Crippen LogP contribution in [-0.2, 0) is 0 Å². The number of hydrogen-bond acceptors (Lipinski definition) is 2. The van der Waals surface area contributed by atoms with E-state index in [2.05, 4.69) is 16.4 Å². The van der Waals surface area contributed by atoms with Gasteiger partial charge in [0.15, 0.2) is 0 Å². The molecule has 0 aromatic carbocycles. The summed E-state index contributed by atoms with van der Waals surface area (Å²) in [6, 6.07) is 4.49. The highest BCUT2D eigenvalue weighted by Crippen LogP contribution is 2.22. The Hall–Kier alpha value is -0.960. The van der Waals surface area contributed by atoms with Crippen LogP contribution in [0.4, 0.5) is 5.82 Å². The molecular weight excluding hydrogens is 150 g/mol. The SMILES string of the molecule is Nc1ccc([C@@H]2CCCCN2)[nH]1. The first-order valence-corrected chi connectivity index (χ1v) is 4.54. The summed E-state index contributed by atoms with van der Waals surface area (Å²) in [5, 5.41) is 3.46. The maximum atomic E-state index is 5.60. The molecule has 1 aromatic heterocycles. The van der Waals surface area contributed by atoms with Crippen molar-refractivity contribution in [2.75, 3.05) is 12.3 Å². The van der Waals surface area contributed by atoms with Crippen LogP contribution in [-0.4, -0.2) is 11.5 Å².